The van der Waals surface area contributed by atoms with Crippen LogP contribution in [0.15, 0.2) is 0 Å². The van der Waals surface area contributed by atoms with Crippen molar-refractivity contribution in [2.24, 2.45) is 22.7 Å². The van der Waals surface area contributed by atoms with Gasteiger partial charge in [0.25, 0.3) is 0 Å². The van der Waals surface area contributed by atoms with E-state index in [4.69, 9.17) is 0 Å². The number of hydrogen-bond donors (Lipinski definition) is 4. The highest BCUT2D eigenvalue weighted by Gasteiger charge is 2.32. The Labute approximate surface area is 411 Å². The predicted molar refractivity (Wildman–Crippen MR) is 274 cm³/mol. The van der Waals surface area contributed by atoms with Crippen LogP contribution in [-0.4, -0.2) is 58.1 Å². The fraction of sp³-hybridized carbons (Fsp3) is 0.655. The molecular weight excluding hydrogens is 853 g/mol. The number of carbonyl (C=O) groups is 6. The fourth-order valence-electron chi connectivity index (χ4n) is 7.08. The van der Waals surface area contributed by atoms with Crippen LogP contribution < -0.4 is 10.6 Å². The minimum Gasteiger partial charge on any atom is -0.481 e. The lowest BCUT2D eigenvalue weighted by atomic mass is 9.74. The number of amides is 2. The minimum absolute atomic E-state index is 0.0260. The Kier molecular flexibility index (Phi) is 39.0. The second-order valence-corrected chi connectivity index (χ2v) is 19.2. The number of ketones is 2. The summed E-state index contributed by atoms with van der Waals surface area (Å²) < 4.78 is 0. The molecule has 3 atom stereocenters. The first-order chi connectivity index (χ1) is 32.3. The zero-order chi connectivity index (χ0) is 51.5. The van der Waals surface area contributed by atoms with Gasteiger partial charge in [-0.05, 0) is 129 Å². The highest BCUT2D eigenvalue weighted by atomic mass is 16.4. The maximum absolute atomic E-state index is 13.0. The molecule has 10 nitrogen and oxygen atoms in total. The Bertz CT molecular complexity index is 1940. The third-order valence-electron chi connectivity index (χ3n) is 10.6. The van der Waals surface area contributed by atoms with Gasteiger partial charge < -0.3 is 20.8 Å². The fourth-order valence-corrected chi connectivity index (χ4v) is 7.08. The molecule has 0 aromatic rings. The molecule has 0 aliphatic carbocycles. The Balaban J connectivity index is 0. The standard InChI is InChI=1S/C42H76N2O8.C16H6/c1-8-9-10-11-12-13-14-15-16-17-18-19-20-24-34(45)30-32(39(49)50)25-27-37(47)44-35(40(51)52)26-28-36(46)43-29-22-21-23-33(31-41(2,3)4)38(48)42(5,6)7;1-3-5-7-9-11-13-15-16-14-12-10-8-6-4-2/h32-33,35H,8-31H2,1-7H3,(H,43,46)(H,44,47)(H,49,50)(H,51,52);1-2H3/t32-,33-,35+;/m0./s1. The smallest absolute Gasteiger partial charge is 0.326 e. The first-order valence-electron chi connectivity index (χ1n) is 24.7. The van der Waals surface area contributed by atoms with Crippen molar-refractivity contribution in [3.63, 3.8) is 0 Å². The summed E-state index contributed by atoms with van der Waals surface area (Å²) in [5.41, 5.74) is -0.388. The molecule has 2 amide bonds. The molecular formula is C58H82N2O8. The molecule has 0 aliphatic heterocycles. The van der Waals surface area contributed by atoms with Crippen molar-refractivity contribution in [1.29, 1.82) is 0 Å². The van der Waals surface area contributed by atoms with E-state index in [0.717, 1.165) is 44.9 Å². The summed E-state index contributed by atoms with van der Waals surface area (Å²) in [6.45, 7) is 18.3. The average molecular weight is 935 g/mol. The van der Waals surface area contributed by atoms with Crippen LogP contribution in [0.25, 0.3) is 0 Å². The molecule has 0 radical (unpaired) electrons. The molecule has 0 rings (SSSR count). The molecule has 68 heavy (non-hydrogen) atoms. The maximum Gasteiger partial charge on any atom is 0.326 e. The van der Waals surface area contributed by atoms with Crippen molar-refractivity contribution in [2.75, 3.05) is 6.54 Å². The first kappa shape index (κ1) is 64.2. The zero-order valence-electron chi connectivity index (χ0n) is 43.0. The van der Waals surface area contributed by atoms with Crippen molar-refractivity contribution in [3.8, 4) is 82.9 Å². The molecule has 0 aromatic carbocycles. The third kappa shape index (κ3) is 41.6. The van der Waals surface area contributed by atoms with E-state index in [9.17, 15) is 39.0 Å². The third-order valence-corrected chi connectivity index (χ3v) is 10.6. The van der Waals surface area contributed by atoms with Crippen molar-refractivity contribution < 1.29 is 39.0 Å². The van der Waals surface area contributed by atoms with Crippen LogP contribution in [0.4, 0.5) is 0 Å². The summed E-state index contributed by atoms with van der Waals surface area (Å²) in [5, 5.41) is 24.4. The Morgan fingerprint density at radius 2 is 0.926 bits per heavy atom. The van der Waals surface area contributed by atoms with Crippen molar-refractivity contribution >= 4 is 35.3 Å². The molecule has 0 fully saturated rings. The lowest BCUT2D eigenvalue weighted by Crippen LogP contribution is -2.42. The van der Waals surface area contributed by atoms with E-state index in [1.54, 1.807) is 13.8 Å². The molecule has 372 valence electrons. The molecule has 0 heterocycles. The van der Waals surface area contributed by atoms with E-state index in [2.05, 4.69) is 121 Å². The first-order valence-corrected chi connectivity index (χ1v) is 24.7. The van der Waals surface area contributed by atoms with Gasteiger partial charge in [-0.15, -0.1) is 0 Å². The van der Waals surface area contributed by atoms with Crippen molar-refractivity contribution in [2.45, 2.75) is 216 Å². The van der Waals surface area contributed by atoms with Gasteiger partial charge in [-0.3, -0.25) is 24.0 Å². The highest BCUT2D eigenvalue weighted by molar-refractivity contribution is 5.87. The number of carboxylic acid groups (broad SMARTS) is 2. The number of nitrogens with one attached hydrogen (secondary N) is 2. The summed E-state index contributed by atoms with van der Waals surface area (Å²) in [6, 6.07) is -1.29. The summed E-state index contributed by atoms with van der Waals surface area (Å²) in [4.78, 5) is 74.0. The Morgan fingerprint density at radius 3 is 1.34 bits per heavy atom. The second kappa shape index (κ2) is 41.3. The second-order valence-electron chi connectivity index (χ2n) is 19.2. The quantitative estimate of drug-likeness (QED) is 0.0382. The van der Waals surface area contributed by atoms with Gasteiger partial charge in [0.05, 0.1) is 5.92 Å². The van der Waals surface area contributed by atoms with E-state index in [1.165, 1.54) is 57.8 Å². The molecule has 0 aliphatic rings. The van der Waals surface area contributed by atoms with Gasteiger partial charge in [0, 0.05) is 43.6 Å². The maximum atomic E-state index is 13.0. The van der Waals surface area contributed by atoms with Gasteiger partial charge in [-0.2, -0.15) is 0 Å². The Morgan fingerprint density at radius 1 is 0.485 bits per heavy atom. The van der Waals surface area contributed by atoms with Crippen LogP contribution in [0, 0.1) is 106 Å². The van der Waals surface area contributed by atoms with E-state index < -0.39 is 35.2 Å². The van der Waals surface area contributed by atoms with Gasteiger partial charge in [0.15, 0.2) is 0 Å². The average Bonchev–Trinajstić information content (AvgIpc) is 3.27. The molecule has 0 unspecified atom stereocenters. The van der Waals surface area contributed by atoms with Crippen molar-refractivity contribution in [1.82, 2.24) is 10.6 Å². The van der Waals surface area contributed by atoms with Crippen LogP contribution in [0.1, 0.15) is 210 Å². The van der Waals surface area contributed by atoms with E-state index >= 15 is 0 Å². The number of unbranched alkanes of at least 4 members (excludes halogenated alkanes) is 13. The van der Waals surface area contributed by atoms with Gasteiger partial charge in [-0.1, -0.05) is 144 Å². The highest BCUT2D eigenvalue weighted by Crippen LogP contribution is 2.33. The largest absolute Gasteiger partial charge is 0.481 e. The van der Waals surface area contributed by atoms with Crippen LogP contribution >= 0.6 is 0 Å². The van der Waals surface area contributed by atoms with Gasteiger partial charge >= 0.3 is 11.9 Å². The van der Waals surface area contributed by atoms with Gasteiger partial charge in [0.1, 0.15) is 17.6 Å². The molecule has 0 spiro atoms. The number of Topliss-reactive ketones (excluding diaryl/α,β-unsaturated/α-hetero) is 2. The van der Waals surface area contributed by atoms with Gasteiger partial charge in [0.2, 0.25) is 11.8 Å². The van der Waals surface area contributed by atoms with E-state index in [1.807, 2.05) is 20.8 Å². The number of hydrogen-bond acceptors (Lipinski definition) is 6. The number of carboxylic acids is 2. The lowest BCUT2D eigenvalue weighted by Gasteiger charge is -2.30. The van der Waals surface area contributed by atoms with Gasteiger partial charge in [-0.25, -0.2) is 4.79 Å². The molecule has 10 heteroatoms. The van der Waals surface area contributed by atoms with Crippen LogP contribution in [0.5, 0.6) is 0 Å². The summed E-state index contributed by atoms with van der Waals surface area (Å²) in [6.07, 6.45) is 18.3. The Hall–Kier alpha value is -5.86. The minimum atomic E-state index is -1.29. The van der Waals surface area contributed by atoms with E-state index in [-0.39, 0.29) is 60.9 Å². The zero-order valence-corrected chi connectivity index (χ0v) is 43.0. The molecule has 0 saturated carbocycles. The van der Waals surface area contributed by atoms with E-state index in [0.29, 0.717) is 19.4 Å². The number of rotatable bonds is 32. The number of aliphatic carboxylic acids is 2. The summed E-state index contributed by atoms with van der Waals surface area (Å²) in [7, 11) is 0. The van der Waals surface area contributed by atoms with Crippen LogP contribution in [0.3, 0.4) is 0 Å². The lowest BCUT2D eigenvalue weighted by molar-refractivity contribution is -0.145. The van der Waals surface area contributed by atoms with Crippen molar-refractivity contribution in [3.05, 3.63) is 0 Å². The molecule has 0 bridgehead atoms. The monoisotopic (exact) mass is 935 g/mol. The summed E-state index contributed by atoms with van der Waals surface area (Å²) >= 11 is 0. The topological polar surface area (TPSA) is 167 Å². The summed E-state index contributed by atoms with van der Waals surface area (Å²) in [5.74, 6) is 31.3. The molecule has 0 saturated heterocycles. The normalized spacial score (nSPS) is 11.3. The van der Waals surface area contributed by atoms with Crippen LogP contribution in [0.2, 0.25) is 0 Å². The SMILES string of the molecule is CC#CC#CC#CC#CC#CC#CC#CC.CCCCCCCCCCCCCCCC(=O)C[C@H](CCC(=O)N[C@H](CCC(=O)NCCCC[C@@H](CC(C)(C)C)C(=O)C(C)(C)C)C(=O)O)C(=O)O. The van der Waals surface area contributed by atoms with Crippen LogP contribution in [-0.2, 0) is 28.8 Å². The molecule has 0 aromatic heterocycles. The predicted octanol–water partition coefficient (Wildman–Crippen LogP) is 10.3. The number of carbonyl (C=O) groups excluding carboxylic acids is 4. The molecule has 4 N–H and O–H groups in total.